The highest BCUT2D eigenvalue weighted by Gasteiger charge is 2.36. The molecule has 1 amide bonds. The van der Waals surface area contributed by atoms with E-state index in [1.165, 1.54) is 25.0 Å². The Morgan fingerprint density at radius 2 is 2.28 bits per heavy atom. The number of carbonyl (C=O) groups is 1. The molecule has 1 aromatic carbocycles. The molecular formula is C13H16BrFN2O. The van der Waals surface area contributed by atoms with Crippen LogP contribution in [0.3, 0.4) is 0 Å². The van der Waals surface area contributed by atoms with E-state index in [2.05, 4.69) is 21.2 Å². The maximum absolute atomic E-state index is 13.1. The maximum Gasteiger partial charge on any atom is 0.242 e. The number of halogens is 2. The summed E-state index contributed by atoms with van der Waals surface area (Å²) < 4.78 is 13.6. The van der Waals surface area contributed by atoms with Gasteiger partial charge in [-0.25, -0.2) is 4.39 Å². The molecule has 0 saturated heterocycles. The normalized spacial score (nSPS) is 18.4. The van der Waals surface area contributed by atoms with E-state index in [1.807, 2.05) is 0 Å². The topological polar surface area (TPSA) is 55.1 Å². The average Bonchev–Trinajstić information content (AvgIpc) is 3.09. The van der Waals surface area contributed by atoms with Gasteiger partial charge in [0.15, 0.2) is 0 Å². The lowest BCUT2D eigenvalue weighted by Gasteiger charge is -2.29. The van der Waals surface area contributed by atoms with Gasteiger partial charge < -0.3 is 5.73 Å². The molecule has 98 valence electrons. The number of benzene rings is 1. The van der Waals surface area contributed by atoms with Crippen LogP contribution in [0.5, 0.6) is 0 Å². The first-order chi connectivity index (χ1) is 8.43. The molecule has 0 heterocycles. The zero-order valence-electron chi connectivity index (χ0n) is 10.2. The molecular weight excluding hydrogens is 299 g/mol. The summed E-state index contributed by atoms with van der Waals surface area (Å²) in [6.07, 6.45) is 2.37. The number of carbonyl (C=O) groups excluding carboxylic acids is 1. The number of primary amides is 1. The van der Waals surface area contributed by atoms with Crippen molar-refractivity contribution in [3.8, 4) is 0 Å². The number of nitrogens with one attached hydrogen (secondary N) is 1. The first kappa shape index (κ1) is 13.5. The molecule has 1 atom stereocenters. The highest BCUT2D eigenvalue weighted by Crippen LogP contribution is 2.32. The summed E-state index contributed by atoms with van der Waals surface area (Å²) in [6, 6.07) is 4.26. The molecule has 3 nitrogen and oxygen atoms in total. The molecule has 1 unspecified atom stereocenters. The number of nitrogens with two attached hydrogens (primary N) is 1. The Bertz CT molecular complexity index is 476. The smallest absolute Gasteiger partial charge is 0.242 e. The fourth-order valence-electron chi connectivity index (χ4n) is 1.88. The van der Waals surface area contributed by atoms with Crippen LogP contribution in [0.4, 0.5) is 4.39 Å². The van der Waals surface area contributed by atoms with Gasteiger partial charge in [0.25, 0.3) is 0 Å². The molecule has 0 aromatic heterocycles. The fourth-order valence-corrected chi connectivity index (χ4v) is 2.63. The number of amides is 1. The van der Waals surface area contributed by atoms with Crippen LogP contribution in [0.2, 0.25) is 0 Å². The molecule has 1 aliphatic carbocycles. The number of hydrogen-bond donors (Lipinski definition) is 2. The fraction of sp³-hybridized carbons (Fsp3) is 0.462. The van der Waals surface area contributed by atoms with Crippen molar-refractivity contribution in [2.45, 2.75) is 25.3 Å². The van der Waals surface area contributed by atoms with Gasteiger partial charge in [0, 0.05) is 4.47 Å². The molecule has 0 radical (unpaired) electrons. The van der Waals surface area contributed by atoms with Crippen molar-refractivity contribution in [3.05, 3.63) is 34.1 Å². The Morgan fingerprint density at radius 3 is 2.78 bits per heavy atom. The SMILES string of the molecule is CC(NCC1CC1)(C(N)=O)c1ccc(F)cc1Br. The third-order valence-corrected chi connectivity index (χ3v) is 4.06. The Labute approximate surface area is 114 Å². The van der Waals surface area contributed by atoms with Gasteiger partial charge in [-0.3, -0.25) is 10.1 Å². The lowest BCUT2D eigenvalue weighted by molar-refractivity contribution is -0.124. The van der Waals surface area contributed by atoms with E-state index < -0.39 is 11.4 Å². The third kappa shape index (κ3) is 2.72. The van der Waals surface area contributed by atoms with Crippen molar-refractivity contribution in [1.29, 1.82) is 0 Å². The minimum absolute atomic E-state index is 0.348. The maximum atomic E-state index is 13.1. The molecule has 0 bridgehead atoms. The summed E-state index contributed by atoms with van der Waals surface area (Å²) in [6.45, 7) is 2.49. The summed E-state index contributed by atoms with van der Waals surface area (Å²) in [5.41, 5.74) is 5.19. The van der Waals surface area contributed by atoms with E-state index in [-0.39, 0.29) is 5.82 Å². The van der Waals surface area contributed by atoms with Gasteiger partial charge in [-0.1, -0.05) is 22.0 Å². The molecule has 2 rings (SSSR count). The van der Waals surface area contributed by atoms with Gasteiger partial charge in [0.05, 0.1) is 0 Å². The van der Waals surface area contributed by atoms with Crippen LogP contribution < -0.4 is 11.1 Å². The Kier molecular flexibility index (Phi) is 3.73. The van der Waals surface area contributed by atoms with Crippen molar-refractivity contribution in [2.24, 2.45) is 11.7 Å². The monoisotopic (exact) mass is 314 g/mol. The predicted molar refractivity (Wildman–Crippen MR) is 71.4 cm³/mol. The van der Waals surface area contributed by atoms with Crippen LogP contribution in [0.25, 0.3) is 0 Å². The number of rotatable bonds is 5. The Balaban J connectivity index is 2.29. The van der Waals surface area contributed by atoms with Crippen LogP contribution in [0.15, 0.2) is 22.7 Å². The molecule has 18 heavy (non-hydrogen) atoms. The van der Waals surface area contributed by atoms with Gasteiger partial charge in [-0.15, -0.1) is 0 Å². The highest BCUT2D eigenvalue weighted by molar-refractivity contribution is 9.10. The summed E-state index contributed by atoms with van der Waals surface area (Å²) in [4.78, 5) is 11.7. The molecule has 1 aliphatic rings. The van der Waals surface area contributed by atoms with E-state index in [0.29, 0.717) is 16.0 Å². The largest absolute Gasteiger partial charge is 0.368 e. The second-order valence-corrected chi connectivity index (χ2v) is 5.79. The van der Waals surface area contributed by atoms with Gasteiger partial charge in [-0.05, 0) is 49.9 Å². The zero-order valence-corrected chi connectivity index (χ0v) is 11.8. The van der Waals surface area contributed by atoms with Crippen molar-refractivity contribution < 1.29 is 9.18 Å². The van der Waals surface area contributed by atoms with Crippen molar-refractivity contribution >= 4 is 21.8 Å². The Morgan fingerprint density at radius 1 is 1.61 bits per heavy atom. The molecule has 1 aromatic rings. The molecule has 1 saturated carbocycles. The predicted octanol–water partition coefficient (Wildman–Crippen LogP) is 2.29. The quantitative estimate of drug-likeness (QED) is 0.876. The molecule has 0 aliphatic heterocycles. The van der Waals surface area contributed by atoms with Crippen LogP contribution in [0.1, 0.15) is 25.3 Å². The number of hydrogen-bond acceptors (Lipinski definition) is 2. The summed E-state index contributed by atoms with van der Waals surface area (Å²) >= 11 is 3.29. The Hall–Kier alpha value is -0.940. The van der Waals surface area contributed by atoms with Crippen molar-refractivity contribution in [1.82, 2.24) is 5.32 Å². The van der Waals surface area contributed by atoms with E-state index in [4.69, 9.17) is 5.73 Å². The second-order valence-electron chi connectivity index (χ2n) is 4.94. The van der Waals surface area contributed by atoms with Crippen molar-refractivity contribution in [3.63, 3.8) is 0 Å². The lowest BCUT2D eigenvalue weighted by Crippen LogP contribution is -2.51. The third-order valence-electron chi connectivity index (χ3n) is 3.40. The molecule has 3 N–H and O–H groups in total. The molecule has 5 heteroatoms. The van der Waals surface area contributed by atoms with E-state index >= 15 is 0 Å². The van der Waals surface area contributed by atoms with Gasteiger partial charge in [0.1, 0.15) is 11.4 Å². The van der Waals surface area contributed by atoms with E-state index in [0.717, 1.165) is 6.54 Å². The van der Waals surface area contributed by atoms with Gasteiger partial charge in [-0.2, -0.15) is 0 Å². The van der Waals surface area contributed by atoms with Gasteiger partial charge in [0.2, 0.25) is 5.91 Å². The summed E-state index contributed by atoms with van der Waals surface area (Å²) in [5, 5.41) is 3.21. The first-order valence-corrected chi connectivity index (χ1v) is 6.73. The zero-order chi connectivity index (χ0) is 13.3. The van der Waals surface area contributed by atoms with Crippen LogP contribution in [0, 0.1) is 11.7 Å². The standard InChI is InChI=1S/C13H16BrFN2O/c1-13(12(16)18,17-7-8-2-3-8)10-5-4-9(15)6-11(10)14/h4-6,8,17H,2-3,7H2,1H3,(H2,16,18). The van der Waals surface area contributed by atoms with E-state index in [9.17, 15) is 9.18 Å². The molecule has 0 spiro atoms. The highest BCUT2D eigenvalue weighted by atomic mass is 79.9. The molecule has 1 fully saturated rings. The minimum Gasteiger partial charge on any atom is -0.368 e. The van der Waals surface area contributed by atoms with Crippen LogP contribution in [-0.2, 0) is 10.3 Å². The van der Waals surface area contributed by atoms with Gasteiger partial charge >= 0.3 is 0 Å². The summed E-state index contributed by atoms with van der Waals surface area (Å²) in [7, 11) is 0. The van der Waals surface area contributed by atoms with E-state index in [1.54, 1.807) is 13.0 Å². The lowest BCUT2D eigenvalue weighted by atomic mass is 9.91. The minimum atomic E-state index is -0.977. The van der Waals surface area contributed by atoms with Crippen LogP contribution in [-0.4, -0.2) is 12.5 Å². The first-order valence-electron chi connectivity index (χ1n) is 5.94. The van der Waals surface area contributed by atoms with Crippen molar-refractivity contribution in [2.75, 3.05) is 6.54 Å². The second kappa shape index (κ2) is 4.97. The average molecular weight is 315 g/mol. The summed E-state index contributed by atoms with van der Waals surface area (Å²) in [5.74, 6) is -0.182. The van der Waals surface area contributed by atoms with Crippen LogP contribution >= 0.6 is 15.9 Å².